The molecule has 0 bridgehead atoms. The van der Waals surface area contributed by atoms with Gasteiger partial charge in [0, 0.05) is 16.9 Å². The van der Waals surface area contributed by atoms with Gasteiger partial charge in [-0.25, -0.2) is 0 Å². The number of nitrogen functional groups attached to an aromatic ring is 1. The van der Waals surface area contributed by atoms with Gasteiger partial charge in [0.05, 0.1) is 23.5 Å². The molecule has 0 aliphatic rings. The Labute approximate surface area is 185 Å². The van der Waals surface area contributed by atoms with Gasteiger partial charge in [-0.1, -0.05) is 24.3 Å². The van der Waals surface area contributed by atoms with E-state index >= 15 is 0 Å². The lowest BCUT2D eigenvalue weighted by Crippen LogP contribution is -2.26. The lowest BCUT2D eigenvalue weighted by atomic mass is 10.1. The van der Waals surface area contributed by atoms with Gasteiger partial charge in [-0.05, 0) is 50.0 Å². The topological polar surface area (TPSA) is 111 Å². The van der Waals surface area contributed by atoms with Crippen molar-refractivity contribution in [2.75, 3.05) is 37.0 Å². The van der Waals surface area contributed by atoms with Gasteiger partial charge in [0.15, 0.2) is 0 Å². The molecule has 8 heteroatoms. The number of amides is 2. The summed E-state index contributed by atoms with van der Waals surface area (Å²) >= 11 is 1.38. The number of nitrogens with zero attached hydrogens (tertiary/aromatic N) is 2. The highest BCUT2D eigenvalue weighted by Gasteiger charge is 2.13. The van der Waals surface area contributed by atoms with Crippen molar-refractivity contribution in [2.45, 2.75) is 6.42 Å². The van der Waals surface area contributed by atoms with Gasteiger partial charge < -0.3 is 21.3 Å². The van der Waals surface area contributed by atoms with E-state index in [1.807, 2.05) is 32.3 Å². The number of thiophene rings is 1. The number of benzene rings is 2. The van der Waals surface area contributed by atoms with Crippen LogP contribution in [0, 0.1) is 11.3 Å². The Morgan fingerprint density at radius 1 is 1.10 bits per heavy atom. The Morgan fingerprint density at radius 2 is 1.81 bits per heavy atom. The summed E-state index contributed by atoms with van der Waals surface area (Å²) in [6.45, 7) is 0.246. The fourth-order valence-corrected chi connectivity index (χ4v) is 4.00. The van der Waals surface area contributed by atoms with Crippen molar-refractivity contribution < 1.29 is 9.59 Å². The minimum absolute atomic E-state index is 0.163. The molecule has 1 heterocycles. The van der Waals surface area contributed by atoms with Gasteiger partial charge in [-0.3, -0.25) is 9.59 Å². The molecule has 0 saturated heterocycles. The maximum Gasteiger partial charge on any atom is 0.255 e. The van der Waals surface area contributed by atoms with Gasteiger partial charge in [-0.15, -0.1) is 11.3 Å². The first-order chi connectivity index (χ1) is 14.9. The van der Waals surface area contributed by atoms with Crippen LogP contribution in [0.25, 0.3) is 0 Å². The van der Waals surface area contributed by atoms with Gasteiger partial charge in [0.2, 0.25) is 5.91 Å². The first kappa shape index (κ1) is 22.0. The minimum atomic E-state index is -0.238. The standard InChI is InChI=1S/C23H23N5O2S/c1-28(2)14-21(29)27-23-17(13-24)12-18(31-23)11-15-7-9-16(10-8-15)22(30)26-20-6-4-3-5-19(20)25/h3-10,12H,11,14,25H2,1-2H3,(H,26,30)(H,27,29). The number of nitrogens with two attached hydrogens (primary N) is 1. The lowest BCUT2D eigenvalue weighted by molar-refractivity contribution is -0.116. The fraction of sp³-hybridized carbons (Fsp3) is 0.174. The van der Waals surface area contributed by atoms with E-state index in [0.29, 0.717) is 33.9 Å². The largest absolute Gasteiger partial charge is 0.397 e. The van der Waals surface area contributed by atoms with Crippen LogP contribution in [-0.4, -0.2) is 37.4 Å². The van der Waals surface area contributed by atoms with E-state index in [1.54, 1.807) is 41.3 Å². The Kier molecular flexibility index (Phi) is 7.03. The van der Waals surface area contributed by atoms with Crippen molar-refractivity contribution in [1.29, 1.82) is 5.26 Å². The highest BCUT2D eigenvalue weighted by Crippen LogP contribution is 2.29. The zero-order chi connectivity index (χ0) is 22.4. The third-order valence-corrected chi connectivity index (χ3v) is 5.47. The van der Waals surface area contributed by atoms with Gasteiger partial charge in [0.25, 0.3) is 5.91 Å². The van der Waals surface area contributed by atoms with Crippen LogP contribution in [0.4, 0.5) is 16.4 Å². The number of hydrogen-bond acceptors (Lipinski definition) is 6. The molecule has 1 aromatic heterocycles. The summed E-state index contributed by atoms with van der Waals surface area (Å²) in [6.07, 6.45) is 0.594. The van der Waals surface area contributed by atoms with Crippen LogP contribution in [0.5, 0.6) is 0 Å². The van der Waals surface area contributed by atoms with E-state index in [1.165, 1.54) is 11.3 Å². The average molecular weight is 434 g/mol. The monoisotopic (exact) mass is 433 g/mol. The third-order valence-electron chi connectivity index (χ3n) is 4.42. The van der Waals surface area contributed by atoms with Crippen molar-refractivity contribution in [3.8, 4) is 6.07 Å². The third kappa shape index (κ3) is 5.92. The number of anilines is 3. The molecule has 0 saturated carbocycles. The zero-order valence-electron chi connectivity index (χ0n) is 17.3. The number of nitriles is 1. The number of hydrogen-bond donors (Lipinski definition) is 3. The van der Waals surface area contributed by atoms with Crippen LogP contribution in [0.2, 0.25) is 0 Å². The summed E-state index contributed by atoms with van der Waals surface area (Å²) in [5.41, 5.74) is 8.91. The van der Waals surface area contributed by atoms with Gasteiger partial charge >= 0.3 is 0 Å². The van der Waals surface area contributed by atoms with Crippen LogP contribution >= 0.6 is 11.3 Å². The molecule has 4 N–H and O–H groups in total. The number of carbonyl (C=O) groups is 2. The molecule has 3 aromatic rings. The normalized spacial score (nSPS) is 10.5. The number of likely N-dealkylation sites (N-methyl/N-ethyl adjacent to an activating group) is 1. The van der Waals surface area contributed by atoms with Crippen LogP contribution < -0.4 is 16.4 Å². The highest BCUT2D eigenvalue weighted by atomic mass is 32.1. The molecule has 0 unspecified atom stereocenters. The van der Waals surface area contributed by atoms with Crippen LogP contribution in [0.1, 0.15) is 26.4 Å². The summed E-state index contributed by atoms with van der Waals surface area (Å²) < 4.78 is 0. The molecule has 0 atom stereocenters. The van der Waals surface area contributed by atoms with Crippen molar-refractivity contribution in [3.05, 3.63) is 76.2 Å². The summed E-state index contributed by atoms with van der Waals surface area (Å²) in [4.78, 5) is 27.2. The lowest BCUT2D eigenvalue weighted by Gasteiger charge is -2.09. The summed E-state index contributed by atoms with van der Waals surface area (Å²) in [5, 5.41) is 15.5. The minimum Gasteiger partial charge on any atom is -0.397 e. The maximum atomic E-state index is 12.5. The number of nitrogens with one attached hydrogen (secondary N) is 2. The quantitative estimate of drug-likeness (QED) is 0.494. The predicted molar refractivity (Wildman–Crippen MR) is 124 cm³/mol. The van der Waals surface area contributed by atoms with Crippen molar-refractivity contribution in [3.63, 3.8) is 0 Å². The van der Waals surface area contributed by atoms with Crippen molar-refractivity contribution in [2.24, 2.45) is 0 Å². The molecule has 0 spiro atoms. The molecule has 2 amide bonds. The molecule has 7 nitrogen and oxygen atoms in total. The average Bonchev–Trinajstić information content (AvgIpc) is 3.10. The van der Waals surface area contributed by atoms with Gasteiger partial charge in [-0.2, -0.15) is 5.26 Å². The van der Waals surface area contributed by atoms with E-state index in [9.17, 15) is 14.9 Å². The zero-order valence-corrected chi connectivity index (χ0v) is 18.1. The van der Waals surface area contributed by atoms with Gasteiger partial charge in [0.1, 0.15) is 11.1 Å². The van der Waals surface area contributed by atoms with Crippen LogP contribution in [0.15, 0.2) is 54.6 Å². The Hall–Kier alpha value is -3.67. The van der Waals surface area contributed by atoms with E-state index < -0.39 is 0 Å². The molecule has 3 rings (SSSR count). The molecule has 31 heavy (non-hydrogen) atoms. The Bertz CT molecular complexity index is 1130. The summed E-state index contributed by atoms with van der Waals surface area (Å²) in [5.74, 6) is -0.400. The van der Waals surface area contributed by atoms with Crippen LogP contribution in [0.3, 0.4) is 0 Å². The SMILES string of the molecule is CN(C)CC(=O)Nc1sc(Cc2ccc(C(=O)Nc3ccccc3N)cc2)cc1C#N. The predicted octanol–water partition coefficient (Wildman–Crippen LogP) is 3.55. The molecule has 0 aliphatic heterocycles. The summed E-state index contributed by atoms with van der Waals surface area (Å²) in [6, 6.07) is 18.3. The van der Waals surface area contributed by atoms with E-state index in [0.717, 1.165) is 10.4 Å². The molecule has 0 radical (unpaired) electrons. The molecular weight excluding hydrogens is 410 g/mol. The molecule has 158 valence electrons. The maximum absolute atomic E-state index is 12.5. The number of para-hydroxylation sites is 2. The first-order valence-electron chi connectivity index (χ1n) is 9.58. The van der Waals surface area contributed by atoms with Crippen molar-refractivity contribution in [1.82, 2.24) is 4.90 Å². The second-order valence-corrected chi connectivity index (χ2v) is 8.41. The Balaban J connectivity index is 1.67. The summed E-state index contributed by atoms with van der Waals surface area (Å²) in [7, 11) is 3.62. The van der Waals surface area contributed by atoms with E-state index in [2.05, 4.69) is 16.7 Å². The smallest absolute Gasteiger partial charge is 0.255 e. The van der Waals surface area contributed by atoms with E-state index in [-0.39, 0.29) is 18.4 Å². The van der Waals surface area contributed by atoms with E-state index in [4.69, 9.17) is 5.73 Å². The van der Waals surface area contributed by atoms with Crippen molar-refractivity contribution >= 4 is 39.5 Å². The van der Waals surface area contributed by atoms with Crippen LogP contribution in [-0.2, 0) is 11.2 Å². The molecule has 2 aromatic carbocycles. The fourth-order valence-electron chi connectivity index (χ4n) is 2.94. The number of carbonyl (C=O) groups excluding carboxylic acids is 2. The Morgan fingerprint density at radius 3 is 2.45 bits per heavy atom. The second kappa shape index (κ2) is 9.89. The molecular formula is C23H23N5O2S. The molecule has 0 fully saturated rings. The number of rotatable bonds is 7. The molecule has 0 aliphatic carbocycles. The second-order valence-electron chi connectivity index (χ2n) is 7.27. The highest BCUT2D eigenvalue weighted by molar-refractivity contribution is 7.16. The first-order valence-corrected chi connectivity index (χ1v) is 10.4.